The summed E-state index contributed by atoms with van der Waals surface area (Å²) in [6, 6.07) is 2.24. The normalized spacial score (nSPS) is 26.1. The van der Waals surface area contributed by atoms with Gasteiger partial charge in [-0.25, -0.2) is 0 Å². The average molecular weight is 211 g/mol. The Morgan fingerprint density at radius 3 is 3.21 bits per heavy atom. The molecule has 1 aliphatic rings. The largest absolute Gasteiger partial charge is 0.382 e. The summed E-state index contributed by atoms with van der Waals surface area (Å²) < 4.78 is 5.34. The van der Waals surface area contributed by atoms with E-state index in [1.54, 1.807) is 7.11 Å². The van der Waals surface area contributed by atoms with E-state index in [1.807, 2.05) is 11.3 Å². The number of rotatable bonds is 3. The van der Waals surface area contributed by atoms with Gasteiger partial charge in [0.15, 0.2) is 0 Å². The predicted octanol–water partition coefficient (Wildman–Crippen LogP) is 2.15. The Morgan fingerprint density at radius 2 is 2.50 bits per heavy atom. The maximum absolute atomic E-state index is 5.34. The molecule has 0 amide bonds. The van der Waals surface area contributed by atoms with Crippen LogP contribution < -0.4 is 5.32 Å². The molecule has 1 unspecified atom stereocenters. The van der Waals surface area contributed by atoms with Crippen LogP contribution >= 0.6 is 11.3 Å². The topological polar surface area (TPSA) is 21.3 Å². The number of hydrogen-bond donors (Lipinski definition) is 1. The summed E-state index contributed by atoms with van der Waals surface area (Å²) in [5, 5.41) is 5.80. The van der Waals surface area contributed by atoms with Crippen molar-refractivity contribution < 1.29 is 4.74 Å². The highest BCUT2D eigenvalue weighted by Gasteiger charge is 2.35. The van der Waals surface area contributed by atoms with Gasteiger partial charge >= 0.3 is 0 Å². The summed E-state index contributed by atoms with van der Waals surface area (Å²) in [5.41, 5.74) is 1.53. The number of ether oxygens (including phenoxy) is 1. The molecule has 78 valence electrons. The first kappa shape index (κ1) is 10.1. The quantitative estimate of drug-likeness (QED) is 0.827. The van der Waals surface area contributed by atoms with Crippen LogP contribution in [0.4, 0.5) is 0 Å². The smallest absolute Gasteiger partial charge is 0.0686 e. The van der Waals surface area contributed by atoms with Crippen molar-refractivity contribution in [2.24, 2.45) is 0 Å². The van der Waals surface area contributed by atoms with Crippen molar-refractivity contribution in [1.29, 1.82) is 0 Å². The molecule has 0 saturated carbocycles. The Kier molecular flexibility index (Phi) is 2.91. The van der Waals surface area contributed by atoms with Crippen LogP contribution in [0.25, 0.3) is 0 Å². The summed E-state index contributed by atoms with van der Waals surface area (Å²) in [6.45, 7) is 4.07. The number of thiophene rings is 1. The molecular weight excluding hydrogens is 194 g/mol. The lowest BCUT2D eigenvalue weighted by molar-refractivity contribution is 0.101. The van der Waals surface area contributed by atoms with Gasteiger partial charge in [0.25, 0.3) is 0 Å². The van der Waals surface area contributed by atoms with E-state index in [0.29, 0.717) is 0 Å². The average Bonchev–Trinajstić information content (AvgIpc) is 2.67. The zero-order valence-corrected chi connectivity index (χ0v) is 9.62. The molecule has 2 heterocycles. The van der Waals surface area contributed by atoms with Gasteiger partial charge in [-0.15, -0.1) is 11.3 Å². The molecule has 0 bridgehead atoms. The third-order valence-corrected chi connectivity index (χ3v) is 4.05. The SMILES string of the molecule is CCC1(COC)NCCc2sccc21. The van der Waals surface area contributed by atoms with Crippen molar-refractivity contribution in [1.82, 2.24) is 5.32 Å². The Bertz CT molecular complexity index is 310. The van der Waals surface area contributed by atoms with E-state index in [9.17, 15) is 0 Å². The zero-order chi connectivity index (χ0) is 10.0. The minimum atomic E-state index is 0.0718. The van der Waals surface area contributed by atoms with Crippen molar-refractivity contribution in [2.75, 3.05) is 20.3 Å². The molecule has 1 atom stereocenters. The predicted molar refractivity (Wildman–Crippen MR) is 59.9 cm³/mol. The molecule has 0 saturated heterocycles. The lowest BCUT2D eigenvalue weighted by Gasteiger charge is -2.37. The summed E-state index contributed by atoms with van der Waals surface area (Å²) in [5.74, 6) is 0. The summed E-state index contributed by atoms with van der Waals surface area (Å²) in [7, 11) is 1.78. The molecule has 0 radical (unpaired) electrons. The Balaban J connectivity index is 2.36. The van der Waals surface area contributed by atoms with Gasteiger partial charge in [-0.05, 0) is 29.9 Å². The Hall–Kier alpha value is -0.380. The molecule has 0 fully saturated rings. The lowest BCUT2D eigenvalue weighted by atomic mass is 9.85. The van der Waals surface area contributed by atoms with Gasteiger partial charge in [0.2, 0.25) is 0 Å². The summed E-state index contributed by atoms with van der Waals surface area (Å²) >= 11 is 1.87. The molecular formula is C11H17NOS. The maximum Gasteiger partial charge on any atom is 0.0686 e. The van der Waals surface area contributed by atoms with Crippen LogP contribution in [0.1, 0.15) is 23.8 Å². The highest BCUT2D eigenvalue weighted by Crippen LogP contribution is 2.34. The van der Waals surface area contributed by atoms with Gasteiger partial charge in [-0.1, -0.05) is 6.92 Å². The second kappa shape index (κ2) is 4.01. The highest BCUT2D eigenvalue weighted by molar-refractivity contribution is 7.10. The standard InChI is InChI=1S/C11H17NOS/c1-3-11(8-13-2)9-5-7-14-10(9)4-6-12-11/h5,7,12H,3-4,6,8H2,1-2H3. The zero-order valence-electron chi connectivity index (χ0n) is 8.80. The second-order valence-corrected chi connectivity index (χ2v) is 4.80. The van der Waals surface area contributed by atoms with E-state index in [-0.39, 0.29) is 5.54 Å². The molecule has 2 rings (SSSR count). The van der Waals surface area contributed by atoms with E-state index < -0.39 is 0 Å². The first-order chi connectivity index (χ1) is 6.82. The number of hydrogen-bond acceptors (Lipinski definition) is 3. The van der Waals surface area contributed by atoms with Crippen molar-refractivity contribution in [3.8, 4) is 0 Å². The van der Waals surface area contributed by atoms with Gasteiger partial charge in [0, 0.05) is 18.5 Å². The van der Waals surface area contributed by atoms with E-state index in [1.165, 1.54) is 16.9 Å². The minimum absolute atomic E-state index is 0.0718. The van der Waals surface area contributed by atoms with E-state index in [2.05, 4.69) is 23.7 Å². The van der Waals surface area contributed by atoms with E-state index in [4.69, 9.17) is 4.74 Å². The maximum atomic E-state index is 5.34. The third-order valence-electron chi connectivity index (χ3n) is 3.07. The van der Waals surface area contributed by atoms with Crippen molar-refractivity contribution in [2.45, 2.75) is 25.3 Å². The molecule has 0 aromatic carbocycles. The molecule has 0 aliphatic carbocycles. The molecule has 3 heteroatoms. The fourth-order valence-electron chi connectivity index (χ4n) is 2.26. The van der Waals surface area contributed by atoms with E-state index >= 15 is 0 Å². The number of nitrogens with one attached hydrogen (secondary N) is 1. The van der Waals surface area contributed by atoms with E-state index in [0.717, 1.165) is 19.6 Å². The first-order valence-corrected chi connectivity index (χ1v) is 6.01. The summed E-state index contributed by atoms with van der Waals surface area (Å²) in [6.07, 6.45) is 2.25. The van der Waals surface area contributed by atoms with Gasteiger partial charge in [0.05, 0.1) is 12.1 Å². The minimum Gasteiger partial charge on any atom is -0.382 e. The molecule has 1 N–H and O–H groups in total. The first-order valence-electron chi connectivity index (χ1n) is 5.13. The van der Waals surface area contributed by atoms with Crippen LogP contribution in [-0.4, -0.2) is 20.3 Å². The van der Waals surface area contributed by atoms with Crippen molar-refractivity contribution >= 4 is 11.3 Å². The van der Waals surface area contributed by atoms with Crippen LogP contribution in [0, 0.1) is 0 Å². The Labute approximate surface area is 89.3 Å². The van der Waals surface area contributed by atoms with Crippen molar-refractivity contribution in [3.05, 3.63) is 21.9 Å². The molecule has 1 aromatic rings. The molecule has 1 aromatic heterocycles. The van der Waals surface area contributed by atoms with Crippen LogP contribution in [0.2, 0.25) is 0 Å². The van der Waals surface area contributed by atoms with Crippen LogP contribution in [0.5, 0.6) is 0 Å². The highest BCUT2D eigenvalue weighted by atomic mass is 32.1. The fourth-order valence-corrected chi connectivity index (χ4v) is 3.24. The van der Waals surface area contributed by atoms with Gasteiger partial charge < -0.3 is 10.1 Å². The summed E-state index contributed by atoms with van der Waals surface area (Å²) in [4.78, 5) is 1.53. The molecule has 1 aliphatic heterocycles. The molecule has 2 nitrogen and oxygen atoms in total. The van der Waals surface area contributed by atoms with Crippen molar-refractivity contribution in [3.63, 3.8) is 0 Å². The molecule has 0 spiro atoms. The number of methoxy groups -OCH3 is 1. The van der Waals surface area contributed by atoms with Gasteiger partial charge in [0.1, 0.15) is 0 Å². The third kappa shape index (κ3) is 1.49. The monoisotopic (exact) mass is 211 g/mol. The second-order valence-electron chi connectivity index (χ2n) is 3.80. The van der Waals surface area contributed by atoms with Gasteiger partial charge in [-0.2, -0.15) is 0 Å². The number of fused-ring (bicyclic) bond motifs is 1. The fraction of sp³-hybridized carbons (Fsp3) is 0.636. The molecule has 14 heavy (non-hydrogen) atoms. The lowest BCUT2D eigenvalue weighted by Crippen LogP contribution is -2.49. The Morgan fingerprint density at radius 1 is 1.64 bits per heavy atom. The van der Waals surface area contributed by atoms with Crippen LogP contribution in [0.15, 0.2) is 11.4 Å². The van der Waals surface area contributed by atoms with Crippen LogP contribution in [-0.2, 0) is 16.7 Å². The van der Waals surface area contributed by atoms with Gasteiger partial charge in [-0.3, -0.25) is 0 Å². The van der Waals surface area contributed by atoms with Crippen LogP contribution in [0.3, 0.4) is 0 Å².